The van der Waals surface area contributed by atoms with Gasteiger partial charge >= 0.3 is 0 Å². The normalized spacial score (nSPS) is 14.3. The number of anilines is 2. The number of nitrogens with one attached hydrogen (secondary N) is 2. The van der Waals surface area contributed by atoms with Gasteiger partial charge in [-0.05, 0) is 37.6 Å². The fourth-order valence-electron chi connectivity index (χ4n) is 3.74. The van der Waals surface area contributed by atoms with Crippen molar-refractivity contribution in [2.45, 2.75) is 26.0 Å². The van der Waals surface area contributed by atoms with Crippen LogP contribution >= 0.6 is 0 Å². The molecule has 7 nitrogen and oxygen atoms in total. The molecule has 0 amide bonds. The van der Waals surface area contributed by atoms with E-state index in [4.69, 9.17) is 0 Å². The Balaban J connectivity index is 1.70. The monoisotopic (exact) mass is 431 g/mol. The number of carbonyl (C=O) groups excluding carboxylic acids is 1. The topological polar surface area (TPSA) is 90.4 Å². The van der Waals surface area contributed by atoms with Gasteiger partial charge in [-0.25, -0.2) is 9.97 Å². The van der Waals surface area contributed by atoms with Crippen LogP contribution in [0.1, 0.15) is 40.9 Å². The van der Waals surface area contributed by atoms with Gasteiger partial charge in [0, 0.05) is 50.7 Å². The Labute approximate surface area is 188 Å². The first-order valence-electron chi connectivity index (χ1n) is 10.9. The molecule has 7 heteroatoms. The molecule has 2 aromatic heterocycles. The van der Waals surface area contributed by atoms with E-state index >= 15 is 0 Å². The first-order valence-corrected chi connectivity index (χ1v) is 10.9. The summed E-state index contributed by atoms with van der Waals surface area (Å²) in [5.41, 5.74) is 1.55. The smallest absolute Gasteiger partial charge is 0.200 e. The van der Waals surface area contributed by atoms with Crippen LogP contribution in [0.2, 0.25) is 0 Å². The van der Waals surface area contributed by atoms with Crippen molar-refractivity contribution in [2.24, 2.45) is 0 Å². The standard InChI is InChI=1S/C25H29N5O2/c1-25(2,32)19-15-21(24(29-17-19)30-13-11-26-12-14-30)22(31)20-9-6-10-27-23(20)28-16-18-7-4-3-5-8-18/h3-10,15,17,26,32H,11-14,16H2,1-2H3,(H,27,28). The second kappa shape index (κ2) is 9.46. The molecule has 3 heterocycles. The molecule has 32 heavy (non-hydrogen) atoms. The Morgan fingerprint density at radius 2 is 1.84 bits per heavy atom. The molecule has 0 unspecified atom stereocenters. The molecule has 1 aliphatic heterocycles. The summed E-state index contributed by atoms with van der Waals surface area (Å²) in [5.74, 6) is 1.00. The number of hydrogen-bond acceptors (Lipinski definition) is 7. The number of rotatable bonds is 7. The van der Waals surface area contributed by atoms with E-state index in [9.17, 15) is 9.90 Å². The van der Waals surface area contributed by atoms with Gasteiger partial charge < -0.3 is 20.6 Å². The molecule has 0 saturated carbocycles. The van der Waals surface area contributed by atoms with Gasteiger partial charge in [0.25, 0.3) is 0 Å². The molecule has 1 saturated heterocycles. The first-order chi connectivity index (χ1) is 15.4. The molecular formula is C25H29N5O2. The number of aliphatic hydroxyl groups is 1. The van der Waals surface area contributed by atoms with Gasteiger partial charge in [-0.3, -0.25) is 4.79 Å². The van der Waals surface area contributed by atoms with Crippen LogP contribution in [0.15, 0.2) is 60.9 Å². The quantitative estimate of drug-likeness (QED) is 0.496. The molecule has 166 valence electrons. The van der Waals surface area contributed by atoms with E-state index in [1.807, 2.05) is 30.3 Å². The van der Waals surface area contributed by atoms with Gasteiger partial charge in [0.2, 0.25) is 0 Å². The average Bonchev–Trinajstić information content (AvgIpc) is 2.83. The van der Waals surface area contributed by atoms with Crippen LogP contribution in [0.3, 0.4) is 0 Å². The molecular weight excluding hydrogens is 402 g/mol. The van der Waals surface area contributed by atoms with Gasteiger partial charge in [0.15, 0.2) is 5.78 Å². The predicted octanol–water partition coefficient (Wildman–Crippen LogP) is 2.96. The number of pyridine rings is 2. The van der Waals surface area contributed by atoms with E-state index in [-0.39, 0.29) is 5.78 Å². The van der Waals surface area contributed by atoms with Crippen LogP contribution in [-0.4, -0.2) is 47.0 Å². The van der Waals surface area contributed by atoms with Crippen molar-refractivity contribution in [3.05, 3.63) is 83.2 Å². The summed E-state index contributed by atoms with van der Waals surface area (Å²) in [7, 11) is 0. The van der Waals surface area contributed by atoms with Crippen LogP contribution < -0.4 is 15.5 Å². The highest BCUT2D eigenvalue weighted by molar-refractivity contribution is 6.14. The van der Waals surface area contributed by atoms with Crippen molar-refractivity contribution in [1.82, 2.24) is 15.3 Å². The van der Waals surface area contributed by atoms with Crippen LogP contribution in [0.25, 0.3) is 0 Å². The summed E-state index contributed by atoms with van der Waals surface area (Å²) in [6.45, 7) is 7.14. The molecule has 4 rings (SSSR count). The zero-order chi connectivity index (χ0) is 22.6. The molecule has 1 fully saturated rings. The fourth-order valence-corrected chi connectivity index (χ4v) is 3.74. The van der Waals surface area contributed by atoms with Crippen molar-refractivity contribution < 1.29 is 9.90 Å². The van der Waals surface area contributed by atoms with Crippen LogP contribution in [0.4, 0.5) is 11.6 Å². The van der Waals surface area contributed by atoms with E-state index in [1.54, 1.807) is 44.4 Å². The molecule has 0 aliphatic carbocycles. The van der Waals surface area contributed by atoms with E-state index < -0.39 is 5.60 Å². The SMILES string of the molecule is CC(C)(O)c1cnc(N2CCNCC2)c(C(=O)c2cccnc2NCc2ccccc2)c1. The lowest BCUT2D eigenvalue weighted by atomic mass is 9.95. The second-order valence-corrected chi connectivity index (χ2v) is 8.46. The molecule has 3 aromatic rings. The van der Waals surface area contributed by atoms with Crippen LogP contribution in [0.5, 0.6) is 0 Å². The van der Waals surface area contributed by atoms with E-state index in [0.717, 1.165) is 31.7 Å². The molecule has 0 spiro atoms. The average molecular weight is 432 g/mol. The second-order valence-electron chi connectivity index (χ2n) is 8.46. The molecule has 1 aromatic carbocycles. The highest BCUT2D eigenvalue weighted by Gasteiger charge is 2.26. The molecule has 0 atom stereocenters. The number of aromatic nitrogens is 2. The van der Waals surface area contributed by atoms with Crippen molar-refractivity contribution in [3.63, 3.8) is 0 Å². The van der Waals surface area contributed by atoms with Gasteiger partial charge in [-0.2, -0.15) is 0 Å². The number of carbonyl (C=O) groups is 1. The maximum Gasteiger partial charge on any atom is 0.200 e. The minimum atomic E-state index is -1.10. The summed E-state index contributed by atoms with van der Waals surface area (Å²) in [5, 5.41) is 17.2. The molecule has 0 bridgehead atoms. The lowest BCUT2D eigenvalue weighted by molar-refractivity contribution is 0.0781. The highest BCUT2D eigenvalue weighted by atomic mass is 16.3. The largest absolute Gasteiger partial charge is 0.386 e. The van der Waals surface area contributed by atoms with Crippen molar-refractivity contribution in [3.8, 4) is 0 Å². The maximum absolute atomic E-state index is 13.8. The van der Waals surface area contributed by atoms with Crippen molar-refractivity contribution in [2.75, 3.05) is 36.4 Å². The number of hydrogen-bond donors (Lipinski definition) is 3. The van der Waals surface area contributed by atoms with Crippen LogP contribution in [-0.2, 0) is 12.1 Å². The van der Waals surface area contributed by atoms with Crippen LogP contribution in [0, 0.1) is 0 Å². The zero-order valence-corrected chi connectivity index (χ0v) is 18.5. The minimum Gasteiger partial charge on any atom is -0.386 e. The summed E-state index contributed by atoms with van der Waals surface area (Å²) in [6, 6.07) is 15.3. The summed E-state index contributed by atoms with van der Waals surface area (Å²) in [6.07, 6.45) is 3.33. The summed E-state index contributed by atoms with van der Waals surface area (Å²) >= 11 is 0. The Morgan fingerprint density at radius 3 is 2.56 bits per heavy atom. The Hall–Kier alpha value is -3.29. The van der Waals surface area contributed by atoms with E-state index in [0.29, 0.717) is 34.9 Å². The lowest BCUT2D eigenvalue weighted by Gasteiger charge is -2.30. The molecule has 1 aliphatic rings. The predicted molar refractivity (Wildman–Crippen MR) is 126 cm³/mol. The first kappa shape index (κ1) is 21.9. The van der Waals surface area contributed by atoms with Gasteiger partial charge in [-0.1, -0.05) is 30.3 Å². The third kappa shape index (κ3) is 4.95. The Morgan fingerprint density at radius 1 is 1.09 bits per heavy atom. The number of ketones is 1. The van der Waals surface area contributed by atoms with Gasteiger partial charge in [0.1, 0.15) is 11.6 Å². The maximum atomic E-state index is 13.8. The van der Waals surface area contributed by atoms with E-state index in [2.05, 4.69) is 25.5 Å². The highest BCUT2D eigenvalue weighted by Crippen LogP contribution is 2.29. The molecule has 3 N–H and O–H groups in total. The fraction of sp³-hybridized carbons (Fsp3) is 0.320. The summed E-state index contributed by atoms with van der Waals surface area (Å²) < 4.78 is 0. The van der Waals surface area contributed by atoms with Crippen molar-refractivity contribution >= 4 is 17.4 Å². The lowest BCUT2D eigenvalue weighted by Crippen LogP contribution is -2.44. The van der Waals surface area contributed by atoms with Crippen molar-refractivity contribution in [1.29, 1.82) is 0 Å². The number of piperazine rings is 1. The molecule has 0 radical (unpaired) electrons. The zero-order valence-electron chi connectivity index (χ0n) is 18.5. The van der Waals surface area contributed by atoms with E-state index in [1.165, 1.54) is 0 Å². The Bertz CT molecular complexity index is 1070. The Kier molecular flexibility index (Phi) is 6.48. The third-order valence-corrected chi connectivity index (χ3v) is 5.59. The van der Waals surface area contributed by atoms with Gasteiger partial charge in [0.05, 0.1) is 16.7 Å². The number of benzene rings is 1. The summed E-state index contributed by atoms with van der Waals surface area (Å²) in [4.78, 5) is 24.9. The minimum absolute atomic E-state index is 0.166. The van der Waals surface area contributed by atoms with Gasteiger partial charge in [-0.15, -0.1) is 0 Å². The number of nitrogens with zero attached hydrogens (tertiary/aromatic N) is 3. The third-order valence-electron chi connectivity index (χ3n) is 5.59.